The van der Waals surface area contributed by atoms with Crippen molar-refractivity contribution in [3.63, 3.8) is 0 Å². The summed E-state index contributed by atoms with van der Waals surface area (Å²) in [6.45, 7) is 7.40. The van der Waals surface area contributed by atoms with Gasteiger partial charge in [-0.3, -0.25) is 0 Å². The van der Waals surface area contributed by atoms with Crippen molar-refractivity contribution in [1.82, 2.24) is 0 Å². The summed E-state index contributed by atoms with van der Waals surface area (Å²) in [7, 11) is 0. The van der Waals surface area contributed by atoms with Gasteiger partial charge in [-0.05, 0) is 17.9 Å². The van der Waals surface area contributed by atoms with Crippen molar-refractivity contribution >= 4 is 0 Å². The lowest BCUT2D eigenvalue weighted by molar-refractivity contribution is 0.207. The highest BCUT2D eigenvalue weighted by Crippen LogP contribution is 2.24. The molecule has 1 heterocycles. The molecule has 0 aromatic carbocycles. The molecular weight excluding hydrogens is 150 g/mol. The minimum absolute atomic E-state index is 0.0903. The van der Waals surface area contributed by atoms with Crippen LogP contribution in [0.2, 0.25) is 0 Å². The SMILES string of the molecule is CC(C)(C)CC(N)C1=CCCO1. The molecule has 70 valence electrons. The Bertz CT molecular complexity index is 179. The van der Waals surface area contributed by atoms with Crippen LogP contribution in [0.25, 0.3) is 0 Å². The summed E-state index contributed by atoms with van der Waals surface area (Å²) in [4.78, 5) is 0. The summed E-state index contributed by atoms with van der Waals surface area (Å²) in [5.41, 5.74) is 6.26. The van der Waals surface area contributed by atoms with Crippen LogP contribution in [0.3, 0.4) is 0 Å². The monoisotopic (exact) mass is 169 g/mol. The number of hydrogen-bond acceptors (Lipinski definition) is 2. The first-order chi connectivity index (χ1) is 5.49. The summed E-state index contributed by atoms with van der Waals surface area (Å²) in [6, 6.07) is 0.0903. The zero-order valence-electron chi connectivity index (χ0n) is 8.26. The molecule has 1 atom stereocenters. The molecule has 0 aromatic rings. The van der Waals surface area contributed by atoms with Gasteiger partial charge in [0.15, 0.2) is 0 Å². The van der Waals surface area contributed by atoms with Gasteiger partial charge in [0.1, 0.15) is 5.76 Å². The summed E-state index contributed by atoms with van der Waals surface area (Å²) in [6.07, 6.45) is 4.11. The molecule has 1 aliphatic rings. The first kappa shape index (κ1) is 9.59. The Balaban J connectivity index is 2.42. The maximum Gasteiger partial charge on any atom is 0.109 e. The lowest BCUT2D eigenvalue weighted by atomic mass is 9.88. The van der Waals surface area contributed by atoms with E-state index in [0.29, 0.717) is 0 Å². The summed E-state index contributed by atoms with van der Waals surface area (Å²) < 4.78 is 5.40. The standard InChI is InChI=1S/C10H19NO/c1-10(2,3)7-8(11)9-5-4-6-12-9/h5,8H,4,6-7,11H2,1-3H3. The Morgan fingerprint density at radius 3 is 2.67 bits per heavy atom. The van der Waals surface area contributed by atoms with E-state index in [9.17, 15) is 0 Å². The third-order valence-electron chi connectivity index (χ3n) is 1.93. The van der Waals surface area contributed by atoms with Crippen molar-refractivity contribution in [3.05, 3.63) is 11.8 Å². The molecule has 12 heavy (non-hydrogen) atoms. The van der Waals surface area contributed by atoms with Gasteiger partial charge in [0, 0.05) is 6.42 Å². The van der Waals surface area contributed by atoms with Gasteiger partial charge in [-0.2, -0.15) is 0 Å². The summed E-state index contributed by atoms with van der Waals surface area (Å²) in [5, 5.41) is 0. The smallest absolute Gasteiger partial charge is 0.109 e. The maximum absolute atomic E-state index is 5.97. The van der Waals surface area contributed by atoms with Crippen LogP contribution in [0.4, 0.5) is 0 Å². The highest BCUT2D eigenvalue weighted by Gasteiger charge is 2.21. The highest BCUT2D eigenvalue weighted by atomic mass is 16.5. The Morgan fingerprint density at radius 1 is 1.58 bits per heavy atom. The van der Waals surface area contributed by atoms with Gasteiger partial charge in [-0.25, -0.2) is 0 Å². The summed E-state index contributed by atoms with van der Waals surface area (Å²) in [5.74, 6) is 0.991. The molecule has 0 aromatic heterocycles. The molecule has 0 aliphatic carbocycles. The lowest BCUT2D eigenvalue weighted by Crippen LogP contribution is -2.28. The Morgan fingerprint density at radius 2 is 2.25 bits per heavy atom. The van der Waals surface area contributed by atoms with Gasteiger partial charge in [-0.1, -0.05) is 20.8 Å². The molecule has 2 nitrogen and oxygen atoms in total. The van der Waals surface area contributed by atoms with E-state index in [1.165, 1.54) is 0 Å². The van der Waals surface area contributed by atoms with Crippen LogP contribution >= 0.6 is 0 Å². The van der Waals surface area contributed by atoms with Crippen molar-refractivity contribution in [3.8, 4) is 0 Å². The molecule has 1 rings (SSSR count). The molecule has 0 bridgehead atoms. The summed E-state index contributed by atoms with van der Waals surface area (Å²) >= 11 is 0. The topological polar surface area (TPSA) is 35.2 Å². The average molecular weight is 169 g/mol. The molecule has 0 amide bonds. The lowest BCUT2D eigenvalue weighted by Gasteiger charge is -2.23. The van der Waals surface area contributed by atoms with Crippen molar-refractivity contribution in [1.29, 1.82) is 0 Å². The third-order valence-corrected chi connectivity index (χ3v) is 1.93. The van der Waals surface area contributed by atoms with Gasteiger partial charge in [0.25, 0.3) is 0 Å². The predicted octanol–water partition coefficient (Wildman–Crippen LogP) is 2.05. The number of hydrogen-bond donors (Lipinski definition) is 1. The van der Waals surface area contributed by atoms with Crippen molar-refractivity contribution in [2.75, 3.05) is 6.61 Å². The molecule has 0 radical (unpaired) electrons. The number of nitrogens with two attached hydrogens (primary N) is 1. The quantitative estimate of drug-likeness (QED) is 0.686. The second-order valence-electron chi connectivity index (χ2n) is 4.61. The van der Waals surface area contributed by atoms with Crippen LogP contribution in [0.5, 0.6) is 0 Å². The van der Waals surface area contributed by atoms with E-state index in [0.717, 1.165) is 25.2 Å². The Kier molecular flexibility index (Phi) is 2.78. The largest absolute Gasteiger partial charge is 0.496 e. The predicted molar refractivity (Wildman–Crippen MR) is 50.7 cm³/mol. The van der Waals surface area contributed by atoms with Gasteiger partial charge >= 0.3 is 0 Å². The van der Waals surface area contributed by atoms with E-state index in [2.05, 4.69) is 26.8 Å². The molecule has 0 saturated carbocycles. The van der Waals surface area contributed by atoms with Gasteiger partial charge < -0.3 is 10.5 Å². The molecule has 0 fully saturated rings. The van der Waals surface area contributed by atoms with Gasteiger partial charge in [-0.15, -0.1) is 0 Å². The first-order valence-corrected chi connectivity index (χ1v) is 4.57. The van der Waals surface area contributed by atoms with Crippen LogP contribution in [-0.4, -0.2) is 12.6 Å². The number of rotatable bonds is 2. The van der Waals surface area contributed by atoms with Crippen molar-refractivity contribution in [2.24, 2.45) is 11.1 Å². The first-order valence-electron chi connectivity index (χ1n) is 4.57. The van der Waals surface area contributed by atoms with Crippen molar-refractivity contribution < 1.29 is 4.74 Å². The van der Waals surface area contributed by atoms with Gasteiger partial charge in [0.2, 0.25) is 0 Å². The molecule has 2 N–H and O–H groups in total. The zero-order valence-corrected chi connectivity index (χ0v) is 8.26. The zero-order chi connectivity index (χ0) is 9.19. The second-order valence-corrected chi connectivity index (χ2v) is 4.61. The van der Waals surface area contributed by atoms with Crippen LogP contribution in [-0.2, 0) is 4.74 Å². The van der Waals surface area contributed by atoms with E-state index in [1.54, 1.807) is 0 Å². The molecule has 1 aliphatic heterocycles. The molecule has 1 unspecified atom stereocenters. The fourth-order valence-electron chi connectivity index (χ4n) is 1.46. The molecule has 2 heteroatoms. The van der Waals surface area contributed by atoms with E-state index in [1.807, 2.05) is 0 Å². The van der Waals surface area contributed by atoms with Crippen molar-refractivity contribution in [2.45, 2.75) is 39.7 Å². The van der Waals surface area contributed by atoms with Crippen LogP contribution in [0, 0.1) is 5.41 Å². The molecule has 0 spiro atoms. The molecule has 0 saturated heterocycles. The third kappa shape index (κ3) is 2.86. The Labute approximate surface area is 74.8 Å². The normalized spacial score (nSPS) is 20.2. The van der Waals surface area contributed by atoms with Gasteiger partial charge in [0.05, 0.1) is 12.6 Å². The highest BCUT2D eigenvalue weighted by molar-refractivity contribution is 5.06. The Hall–Kier alpha value is -0.500. The fourth-order valence-corrected chi connectivity index (χ4v) is 1.46. The second kappa shape index (κ2) is 3.48. The van der Waals surface area contributed by atoms with E-state index in [4.69, 9.17) is 10.5 Å². The van der Waals surface area contributed by atoms with E-state index < -0.39 is 0 Å². The van der Waals surface area contributed by atoms with Crippen LogP contribution in [0.15, 0.2) is 11.8 Å². The minimum atomic E-state index is 0.0903. The van der Waals surface area contributed by atoms with E-state index >= 15 is 0 Å². The number of ether oxygens (including phenoxy) is 1. The average Bonchev–Trinajstić information content (AvgIpc) is 2.32. The van der Waals surface area contributed by atoms with Crippen LogP contribution in [0.1, 0.15) is 33.6 Å². The fraction of sp³-hybridized carbons (Fsp3) is 0.800. The maximum atomic E-state index is 5.97. The molecular formula is C10H19NO. The minimum Gasteiger partial charge on any atom is -0.496 e. The van der Waals surface area contributed by atoms with Crippen LogP contribution < -0.4 is 5.73 Å². The van der Waals surface area contributed by atoms with E-state index in [-0.39, 0.29) is 11.5 Å².